The Bertz CT molecular complexity index is 1190. The number of nitrogens with zero attached hydrogens (tertiary/aromatic N) is 4. The first kappa shape index (κ1) is 23.4. The van der Waals surface area contributed by atoms with Gasteiger partial charge in [0, 0.05) is 29.4 Å². The average molecular weight is 481 g/mol. The Morgan fingerprint density at radius 3 is 2.68 bits per heavy atom. The van der Waals surface area contributed by atoms with Gasteiger partial charge in [-0.2, -0.15) is 15.0 Å². The van der Waals surface area contributed by atoms with E-state index in [9.17, 15) is 9.59 Å². The molecule has 0 bridgehead atoms. The number of piperidine rings is 1. The lowest BCUT2D eigenvalue weighted by Crippen LogP contribution is -2.42. The van der Waals surface area contributed by atoms with Crippen molar-refractivity contribution >= 4 is 41.1 Å². The standard InChI is InChI=1S/C24H25ClN6O3/c1-15-5-2-3-7-19(15)27-24-29-20(28-23(26)30-24)14-34-22(33)17-6-4-12-31(13-17)21(32)16-8-10-18(25)11-9-16/h2-3,5,7-11,17H,4,6,12-14H2,1H3,(H3,26,27,28,29,30). The van der Waals surface area contributed by atoms with Crippen LogP contribution in [0.15, 0.2) is 48.5 Å². The van der Waals surface area contributed by atoms with E-state index in [4.69, 9.17) is 22.1 Å². The third-order valence-corrected chi connectivity index (χ3v) is 5.82. The molecule has 1 aromatic heterocycles. The van der Waals surface area contributed by atoms with Crippen molar-refractivity contribution < 1.29 is 14.3 Å². The summed E-state index contributed by atoms with van der Waals surface area (Å²) in [5.41, 5.74) is 8.21. The summed E-state index contributed by atoms with van der Waals surface area (Å²) in [6.07, 6.45) is 1.35. The lowest BCUT2D eigenvalue weighted by Gasteiger charge is -2.31. The Morgan fingerprint density at radius 2 is 1.91 bits per heavy atom. The van der Waals surface area contributed by atoms with Crippen molar-refractivity contribution in [2.24, 2.45) is 5.92 Å². The SMILES string of the molecule is Cc1ccccc1Nc1nc(N)nc(COC(=O)C2CCCN(C(=O)c3ccc(Cl)cc3)C2)n1. The minimum absolute atomic E-state index is 0.0227. The van der Waals surface area contributed by atoms with Crippen molar-refractivity contribution in [3.63, 3.8) is 0 Å². The number of hydrogen-bond acceptors (Lipinski definition) is 8. The molecular formula is C24H25ClN6O3. The molecular weight excluding hydrogens is 456 g/mol. The molecule has 34 heavy (non-hydrogen) atoms. The number of hydrogen-bond donors (Lipinski definition) is 2. The molecule has 10 heteroatoms. The van der Waals surface area contributed by atoms with Crippen LogP contribution in [0, 0.1) is 12.8 Å². The number of likely N-dealkylation sites (tertiary alicyclic amines) is 1. The maximum atomic E-state index is 12.8. The summed E-state index contributed by atoms with van der Waals surface area (Å²) in [6, 6.07) is 14.4. The molecule has 3 N–H and O–H groups in total. The van der Waals surface area contributed by atoms with E-state index >= 15 is 0 Å². The molecule has 0 aliphatic carbocycles. The smallest absolute Gasteiger partial charge is 0.311 e. The van der Waals surface area contributed by atoms with Gasteiger partial charge in [0.2, 0.25) is 11.9 Å². The number of aromatic nitrogens is 3. The van der Waals surface area contributed by atoms with E-state index in [0.717, 1.165) is 11.3 Å². The summed E-state index contributed by atoms with van der Waals surface area (Å²) in [6.45, 7) is 2.69. The zero-order chi connectivity index (χ0) is 24.1. The van der Waals surface area contributed by atoms with E-state index in [1.807, 2.05) is 31.2 Å². The minimum atomic E-state index is -0.422. The van der Waals surface area contributed by atoms with Gasteiger partial charge in [-0.3, -0.25) is 9.59 Å². The Balaban J connectivity index is 1.36. The second-order valence-electron chi connectivity index (χ2n) is 8.08. The highest BCUT2D eigenvalue weighted by atomic mass is 35.5. The van der Waals surface area contributed by atoms with Crippen LogP contribution in [0.3, 0.4) is 0 Å². The Morgan fingerprint density at radius 1 is 1.15 bits per heavy atom. The number of carbonyl (C=O) groups is 2. The van der Waals surface area contributed by atoms with E-state index in [0.29, 0.717) is 36.5 Å². The first-order valence-corrected chi connectivity index (χ1v) is 11.3. The summed E-state index contributed by atoms with van der Waals surface area (Å²) >= 11 is 5.91. The molecule has 1 aliphatic heterocycles. The number of amides is 1. The highest BCUT2D eigenvalue weighted by Crippen LogP contribution is 2.22. The first-order valence-electron chi connectivity index (χ1n) is 10.9. The molecule has 1 fully saturated rings. The Hall–Kier alpha value is -3.72. The third-order valence-electron chi connectivity index (χ3n) is 5.57. The fourth-order valence-electron chi connectivity index (χ4n) is 3.77. The second-order valence-corrected chi connectivity index (χ2v) is 8.51. The number of benzene rings is 2. The quantitative estimate of drug-likeness (QED) is 0.511. The topological polar surface area (TPSA) is 123 Å². The number of ether oxygens (including phenoxy) is 1. The van der Waals surface area contributed by atoms with Gasteiger partial charge in [0.05, 0.1) is 5.92 Å². The van der Waals surface area contributed by atoms with Gasteiger partial charge in [-0.15, -0.1) is 0 Å². The molecule has 3 aromatic rings. The van der Waals surface area contributed by atoms with Gasteiger partial charge >= 0.3 is 5.97 Å². The number of anilines is 3. The average Bonchev–Trinajstić information content (AvgIpc) is 2.84. The van der Waals surface area contributed by atoms with Crippen LogP contribution >= 0.6 is 11.6 Å². The van der Waals surface area contributed by atoms with E-state index in [1.54, 1.807) is 29.2 Å². The zero-order valence-electron chi connectivity index (χ0n) is 18.7. The van der Waals surface area contributed by atoms with Gasteiger partial charge in [-0.05, 0) is 55.7 Å². The van der Waals surface area contributed by atoms with Crippen LogP contribution in [-0.4, -0.2) is 44.8 Å². The van der Waals surface area contributed by atoms with Gasteiger partial charge in [0.25, 0.3) is 5.91 Å². The third kappa shape index (κ3) is 5.79. The second kappa shape index (κ2) is 10.5. The Labute approximate surface area is 202 Å². The molecule has 1 saturated heterocycles. The molecule has 0 radical (unpaired) electrons. The summed E-state index contributed by atoms with van der Waals surface area (Å²) in [5.74, 6) is -0.428. The number of nitrogens with two attached hydrogens (primary N) is 1. The Kier molecular flexibility index (Phi) is 7.22. The largest absolute Gasteiger partial charge is 0.457 e. The number of esters is 1. The van der Waals surface area contributed by atoms with Crippen molar-refractivity contribution in [1.82, 2.24) is 19.9 Å². The number of nitrogen functional groups attached to an aromatic ring is 1. The van der Waals surface area contributed by atoms with Crippen LogP contribution < -0.4 is 11.1 Å². The molecule has 2 aromatic carbocycles. The fraction of sp³-hybridized carbons (Fsp3) is 0.292. The molecule has 1 atom stereocenters. The molecule has 1 amide bonds. The van der Waals surface area contributed by atoms with Gasteiger partial charge in [-0.1, -0.05) is 29.8 Å². The van der Waals surface area contributed by atoms with Crippen LogP contribution in [0.2, 0.25) is 5.02 Å². The highest BCUT2D eigenvalue weighted by molar-refractivity contribution is 6.30. The van der Waals surface area contributed by atoms with Gasteiger partial charge in [0.1, 0.15) is 0 Å². The van der Waals surface area contributed by atoms with Crippen molar-refractivity contribution in [3.05, 3.63) is 70.5 Å². The van der Waals surface area contributed by atoms with Crippen LogP contribution in [0.4, 0.5) is 17.6 Å². The van der Waals surface area contributed by atoms with Gasteiger partial charge in [-0.25, -0.2) is 0 Å². The van der Waals surface area contributed by atoms with Crippen molar-refractivity contribution in [1.29, 1.82) is 0 Å². The van der Waals surface area contributed by atoms with E-state index < -0.39 is 11.9 Å². The predicted molar refractivity (Wildman–Crippen MR) is 129 cm³/mol. The van der Waals surface area contributed by atoms with Crippen LogP contribution in [0.25, 0.3) is 0 Å². The lowest BCUT2D eigenvalue weighted by molar-refractivity contribution is -0.151. The fourth-order valence-corrected chi connectivity index (χ4v) is 3.90. The molecule has 0 saturated carbocycles. The summed E-state index contributed by atoms with van der Waals surface area (Å²) in [7, 11) is 0. The first-order chi connectivity index (χ1) is 16.4. The van der Waals surface area contributed by atoms with Crippen molar-refractivity contribution in [2.45, 2.75) is 26.4 Å². The number of nitrogens with one attached hydrogen (secondary N) is 1. The number of para-hydroxylation sites is 1. The summed E-state index contributed by atoms with van der Waals surface area (Å²) in [5, 5.41) is 3.67. The molecule has 2 heterocycles. The molecule has 9 nitrogen and oxygen atoms in total. The summed E-state index contributed by atoms with van der Waals surface area (Å²) in [4.78, 5) is 39.7. The monoisotopic (exact) mass is 480 g/mol. The van der Waals surface area contributed by atoms with E-state index in [1.165, 1.54) is 0 Å². The van der Waals surface area contributed by atoms with E-state index in [-0.39, 0.29) is 30.2 Å². The molecule has 1 unspecified atom stereocenters. The predicted octanol–water partition coefficient (Wildman–Crippen LogP) is 3.75. The van der Waals surface area contributed by atoms with Crippen molar-refractivity contribution in [2.75, 3.05) is 24.1 Å². The summed E-state index contributed by atoms with van der Waals surface area (Å²) < 4.78 is 5.47. The van der Waals surface area contributed by atoms with Crippen LogP contribution in [-0.2, 0) is 16.1 Å². The van der Waals surface area contributed by atoms with Crippen LogP contribution in [0.5, 0.6) is 0 Å². The van der Waals surface area contributed by atoms with E-state index in [2.05, 4.69) is 20.3 Å². The number of carbonyl (C=O) groups excluding carboxylic acids is 2. The van der Waals surface area contributed by atoms with Crippen molar-refractivity contribution in [3.8, 4) is 0 Å². The molecule has 4 rings (SSSR count). The molecule has 1 aliphatic rings. The number of rotatable bonds is 6. The highest BCUT2D eigenvalue weighted by Gasteiger charge is 2.30. The lowest BCUT2D eigenvalue weighted by atomic mass is 9.97. The maximum absolute atomic E-state index is 12.8. The minimum Gasteiger partial charge on any atom is -0.457 e. The van der Waals surface area contributed by atoms with Gasteiger partial charge < -0.3 is 20.7 Å². The van der Waals surface area contributed by atoms with Gasteiger partial charge in [0.15, 0.2) is 12.4 Å². The molecule has 0 spiro atoms. The molecule has 176 valence electrons. The zero-order valence-corrected chi connectivity index (χ0v) is 19.5. The maximum Gasteiger partial charge on any atom is 0.311 e. The number of halogens is 1. The van der Waals surface area contributed by atoms with Crippen LogP contribution in [0.1, 0.15) is 34.6 Å². The normalized spacial score (nSPS) is 15.6. The number of aryl methyl sites for hydroxylation is 1.